The molecule has 146 valence electrons. The minimum absolute atomic E-state index is 0.0242. The van der Waals surface area contributed by atoms with Gasteiger partial charge in [0.2, 0.25) is 11.8 Å². The molecular weight excluding hydrogens is 354 g/mol. The molecular formula is C21H25N5O2. The molecule has 1 unspecified atom stereocenters. The van der Waals surface area contributed by atoms with Crippen LogP contribution < -0.4 is 15.1 Å². The van der Waals surface area contributed by atoms with E-state index in [4.69, 9.17) is 0 Å². The molecule has 2 fully saturated rings. The third-order valence-electron chi connectivity index (χ3n) is 5.63. The summed E-state index contributed by atoms with van der Waals surface area (Å²) in [5.74, 6) is 0.731. The number of hydrogen-bond donors (Lipinski definition) is 1. The first-order chi connectivity index (χ1) is 13.5. The van der Waals surface area contributed by atoms with Gasteiger partial charge in [0.25, 0.3) is 0 Å². The van der Waals surface area contributed by atoms with E-state index in [9.17, 15) is 9.59 Å². The van der Waals surface area contributed by atoms with Crippen molar-refractivity contribution in [2.45, 2.75) is 33.1 Å². The van der Waals surface area contributed by atoms with Gasteiger partial charge in [-0.1, -0.05) is 6.07 Å². The van der Waals surface area contributed by atoms with E-state index in [0.717, 1.165) is 43.0 Å². The number of aryl methyl sites for hydroxylation is 2. The van der Waals surface area contributed by atoms with Gasteiger partial charge in [0, 0.05) is 37.8 Å². The van der Waals surface area contributed by atoms with E-state index in [1.165, 1.54) is 11.9 Å². The summed E-state index contributed by atoms with van der Waals surface area (Å²) in [5.41, 5.74) is 3.16. The molecule has 2 aliphatic heterocycles. The Morgan fingerprint density at radius 3 is 2.64 bits per heavy atom. The molecule has 1 aromatic heterocycles. The van der Waals surface area contributed by atoms with Crippen molar-refractivity contribution < 1.29 is 9.59 Å². The molecule has 1 N–H and O–H groups in total. The predicted octanol–water partition coefficient (Wildman–Crippen LogP) is 2.69. The maximum atomic E-state index is 12.7. The summed E-state index contributed by atoms with van der Waals surface area (Å²) in [6, 6.07) is 7.75. The molecule has 0 saturated carbocycles. The lowest BCUT2D eigenvalue weighted by Crippen LogP contribution is -2.28. The number of carbonyl (C=O) groups excluding carboxylic acids is 2. The standard InChI is InChI=1S/C21H25N5O2/c1-14-5-6-17(9-15(14)2)26-12-16(10-20(26)27)21(28)24-18-11-19(23-13-22-18)25-7-3-4-8-25/h5-6,9,11,13,16H,3-4,7-8,10,12H2,1-2H3,(H,22,23,24,28). The molecule has 2 aromatic rings. The van der Waals surface area contributed by atoms with Crippen molar-refractivity contribution in [3.63, 3.8) is 0 Å². The van der Waals surface area contributed by atoms with Gasteiger partial charge in [0.1, 0.15) is 18.0 Å². The number of aromatic nitrogens is 2. The van der Waals surface area contributed by atoms with Crippen LogP contribution in [0.3, 0.4) is 0 Å². The monoisotopic (exact) mass is 379 g/mol. The summed E-state index contributed by atoms with van der Waals surface area (Å²) in [6.45, 7) is 6.41. The molecule has 3 heterocycles. The summed E-state index contributed by atoms with van der Waals surface area (Å²) in [7, 11) is 0. The van der Waals surface area contributed by atoms with E-state index in [1.807, 2.05) is 32.0 Å². The molecule has 1 atom stereocenters. The number of hydrogen-bond acceptors (Lipinski definition) is 5. The second kappa shape index (κ2) is 7.58. The molecule has 1 aromatic carbocycles. The highest BCUT2D eigenvalue weighted by atomic mass is 16.2. The van der Waals surface area contributed by atoms with Crippen LogP contribution in [-0.2, 0) is 9.59 Å². The number of rotatable bonds is 4. The first kappa shape index (κ1) is 18.4. The highest BCUT2D eigenvalue weighted by Crippen LogP contribution is 2.28. The van der Waals surface area contributed by atoms with Crippen molar-refractivity contribution in [3.8, 4) is 0 Å². The Hall–Kier alpha value is -2.96. The Morgan fingerprint density at radius 1 is 1.11 bits per heavy atom. The highest BCUT2D eigenvalue weighted by Gasteiger charge is 2.35. The van der Waals surface area contributed by atoms with Crippen LogP contribution in [0.2, 0.25) is 0 Å². The maximum Gasteiger partial charge on any atom is 0.230 e. The predicted molar refractivity (Wildman–Crippen MR) is 108 cm³/mol. The van der Waals surface area contributed by atoms with Crippen molar-refractivity contribution >= 4 is 29.1 Å². The molecule has 0 spiro atoms. The van der Waals surface area contributed by atoms with E-state index in [0.29, 0.717) is 12.4 Å². The fourth-order valence-electron chi connectivity index (χ4n) is 3.79. The number of benzene rings is 1. The number of nitrogens with one attached hydrogen (secondary N) is 1. The van der Waals surface area contributed by atoms with E-state index in [-0.39, 0.29) is 24.2 Å². The van der Waals surface area contributed by atoms with E-state index < -0.39 is 0 Å². The largest absolute Gasteiger partial charge is 0.356 e. The Labute approximate surface area is 164 Å². The molecule has 2 amide bonds. The van der Waals surface area contributed by atoms with Crippen molar-refractivity contribution in [2.24, 2.45) is 5.92 Å². The summed E-state index contributed by atoms with van der Waals surface area (Å²) < 4.78 is 0. The zero-order valence-corrected chi connectivity index (χ0v) is 16.3. The first-order valence-corrected chi connectivity index (χ1v) is 9.77. The number of amides is 2. The van der Waals surface area contributed by atoms with Crippen LogP contribution in [0.4, 0.5) is 17.3 Å². The Balaban J connectivity index is 1.43. The number of anilines is 3. The van der Waals surface area contributed by atoms with Gasteiger partial charge in [-0.3, -0.25) is 9.59 Å². The molecule has 2 aliphatic rings. The fraction of sp³-hybridized carbons (Fsp3) is 0.429. The summed E-state index contributed by atoms with van der Waals surface area (Å²) in [5, 5.41) is 2.87. The van der Waals surface area contributed by atoms with Crippen LogP contribution in [0.25, 0.3) is 0 Å². The van der Waals surface area contributed by atoms with Gasteiger partial charge in [-0.25, -0.2) is 9.97 Å². The van der Waals surface area contributed by atoms with E-state index >= 15 is 0 Å². The van der Waals surface area contributed by atoms with Crippen LogP contribution in [0, 0.1) is 19.8 Å². The van der Waals surface area contributed by atoms with Gasteiger partial charge in [0.05, 0.1) is 5.92 Å². The van der Waals surface area contributed by atoms with Crippen LogP contribution >= 0.6 is 0 Å². The van der Waals surface area contributed by atoms with Gasteiger partial charge in [-0.2, -0.15) is 0 Å². The van der Waals surface area contributed by atoms with Gasteiger partial charge in [0.15, 0.2) is 0 Å². The molecule has 0 radical (unpaired) electrons. The van der Waals surface area contributed by atoms with Crippen molar-refractivity contribution in [2.75, 3.05) is 34.8 Å². The van der Waals surface area contributed by atoms with Crippen LogP contribution in [-0.4, -0.2) is 41.4 Å². The van der Waals surface area contributed by atoms with Crippen LogP contribution in [0.5, 0.6) is 0 Å². The number of nitrogens with zero attached hydrogens (tertiary/aromatic N) is 4. The van der Waals surface area contributed by atoms with Gasteiger partial charge in [-0.15, -0.1) is 0 Å². The lowest BCUT2D eigenvalue weighted by atomic mass is 10.1. The average Bonchev–Trinajstić information content (AvgIpc) is 3.34. The van der Waals surface area contributed by atoms with Gasteiger partial charge < -0.3 is 15.1 Å². The minimum atomic E-state index is -0.390. The average molecular weight is 379 g/mol. The second-order valence-corrected chi connectivity index (χ2v) is 7.62. The lowest BCUT2D eigenvalue weighted by Gasteiger charge is -2.18. The molecule has 0 bridgehead atoms. The smallest absolute Gasteiger partial charge is 0.230 e. The quantitative estimate of drug-likeness (QED) is 0.884. The molecule has 2 saturated heterocycles. The fourth-order valence-corrected chi connectivity index (χ4v) is 3.79. The molecule has 7 heteroatoms. The zero-order chi connectivity index (χ0) is 19.7. The topological polar surface area (TPSA) is 78.4 Å². The molecule has 0 aliphatic carbocycles. The Kier molecular flexibility index (Phi) is 4.98. The Morgan fingerprint density at radius 2 is 1.89 bits per heavy atom. The summed E-state index contributed by atoms with van der Waals surface area (Å²) in [4.78, 5) is 37.6. The van der Waals surface area contributed by atoms with Gasteiger partial charge in [-0.05, 0) is 49.9 Å². The van der Waals surface area contributed by atoms with E-state index in [1.54, 1.807) is 11.0 Å². The third-order valence-corrected chi connectivity index (χ3v) is 5.63. The SMILES string of the molecule is Cc1ccc(N2CC(C(=O)Nc3cc(N4CCCC4)ncn3)CC2=O)cc1C. The zero-order valence-electron chi connectivity index (χ0n) is 16.3. The van der Waals surface area contributed by atoms with Crippen molar-refractivity contribution in [1.82, 2.24) is 9.97 Å². The van der Waals surface area contributed by atoms with Crippen molar-refractivity contribution in [3.05, 3.63) is 41.7 Å². The van der Waals surface area contributed by atoms with E-state index in [2.05, 4.69) is 20.2 Å². The first-order valence-electron chi connectivity index (χ1n) is 9.77. The number of carbonyl (C=O) groups is 2. The molecule has 28 heavy (non-hydrogen) atoms. The molecule has 7 nitrogen and oxygen atoms in total. The normalized spacial score (nSPS) is 19.4. The molecule has 4 rings (SSSR count). The summed E-state index contributed by atoms with van der Waals surface area (Å²) in [6.07, 6.45) is 4.00. The van der Waals surface area contributed by atoms with Crippen LogP contribution in [0.1, 0.15) is 30.4 Å². The highest BCUT2D eigenvalue weighted by molar-refractivity contribution is 6.03. The lowest BCUT2D eigenvalue weighted by molar-refractivity contribution is -0.122. The van der Waals surface area contributed by atoms with Crippen LogP contribution in [0.15, 0.2) is 30.6 Å². The third kappa shape index (κ3) is 3.69. The summed E-state index contributed by atoms with van der Waals surface area (Å²) >= 11 is 0. The van der Waals surface area contributed by atoms with Crippen molar-refractivity contribution in [1.29, 1.82) is 0 Å². The Bertz CT molecular complexity index is 907. The maximum absolute atomic E-state index is 12.7. The van der Waals surface area contributed by atoms with Gasteiger partial charge >= 0.3 is 0 Å². The second-order valence-electron chi connectivity index (χ2n) is 7.62. The minimum Gasteiger partial charge on any atom is -0.356 e.